The highest BCUT2D eigenvalue weighted by molar-refractivity contribution is 6.30. The molecule has 7 heteroatoms. The van der Waals surface area contributed by atoms with Crippen LogP contribution in [-0.4, -0.2) is 66.7 Å². The first kappa shape index (κ1) is 21.6. The van der Waals surface area contributed by atoms with Crippen LogP contribution in [0.25, 0.3) is 0 Å². The van der Waals surface area contributed by atoms with Gasteiger partial charge in [0.25, 0.3) is 0 Å². The van der Waals surface area contributed by atoms with E-state index in [2.05, 4.69) is 39.0 Å². The summed E-state index contributed by atoms with van der Waals surface area (Å²) in [5.74, 6) is 2.09. The van der Waals surface area contributed by atoms with Crippen LogP contribution >= 0.6 is 11.6 Å². The van der Waals surface area contributed by atoms with E-state index in [0.717, 1.165) is 81.7 Å². The number of piperazine rings is 1. The van der Waals surface area contributed by atoms with Crippen LogP contribution in [-0.2, 0) is 17.9 Å². The summed E-state index contributed by atoms with van der Waals surface area (Å²) in [5.41, 5.74) is 2.47. The molecule has 170 valence electrons. The zero-order chi connectivity index (χ0) is 21.9. The highest BCUT2D eigenvalue weighted by atomic mass is 35.5. The van der Waals surface area contributed by atoms with Crippen LogP contribution in [0.5, 0.6) is 11.5 Å². The van der Waals surface area contributed by atoms with E-state index in [0.29, 0.717) is 12.7 Å². The first-order valence-electron chi connectivity index (χ1n) is 11.5. The second-order valence-electron chi connectivity index (χ2n) is 8.99. The minimum absolute atomic E-state index is 0.108. The van der Waals surface area contributed by atoms with Crippen LogP contribution in [0.4, 0.5) is 0 Å². The molecule has 0 aromatic heterocycles. The van der Waals surface area contributed by atoms with Crippen molar-refractivity contribution < 1.29 is 14.3 Å². The SMILES string of the molecule is O=C(C1CCCN(Cc2ccc(Cl)cc2)C1)N1CCN(Cc2ccc3c(c2)OCO3)CC1. The molecule has 2 aromatic carbocycles. The van der Waals surface area contributed by atoms with Gasteiger partial charge in [-0.3, -0.25) is 14.6 Å². The number of carbonyl (C=O) groups is 1. The van der Waals surface area contributed by atoms with Gasteiger partial charge in [0.05, 0.1) is 5.92 Å². The Morgan fingerprint density at radius 3 is 2.41 bits per heavy atom. The summed E-state index contributed by atoms with van der Waals surface area (Å²) in [7, 11) is 0. The fraction of sp³-hybridized carbons (Fsp3) is 0.480. The first-order chi connectivity index (χ1) is 15.6. The number of nitrogens with zero attached hydrogens (tertiary/aromatic N) is 3. The molecule has 0 spiro atoms. The van der Waals surface area contributed by atoms with Crippen molar-refractivity contribution in [3.63, 3.8) is 0 Å². The summed E-state index contributed by atoms with van der Waals surface area (Å²) in [4.78, 5) is 20.1. The van der Waals surface area contributed by atoms with Crippen molar-refractivity contribution in [2.45, 2.75) is 25.9 Å². The summed E-state index contributed by atoms with van der Waals surface area (Å²) >= 11 is 6.01. The molecule has 3 heterocycles. The van der Waals surface area contributed by atoms with Crippen LogP contribution in [0.3, 0.4) is 0 Å². The van der Waals surface area contributed by atoms with E-state index in [1.807, 2.05) is 18.2 Å². The van der Waals surface area contributed by atoms with Gasteiger partial charge in [0.15, 0.2) is 11.5 Å². The van der Waals surface area contributed by atoms with Crippen molar-refractivity contribution in [2.75, 3.05) is 46.1 Å². The number of hydrogen-bond acceptors (Lipinski definition) is 5. The molecule has 1 unspecified atom stereocenters. The molecule has 2 fully saturated rings. The Bertz CT molecular complexity index is 944. The van der Waals surface area contributed by atoms with Crippen LogP contribution in [0, 0.1) is 5.92 Å². The van der Waals surface area contributed by atoms with Gasteiger partial charge < -0.3 is 14.4 Å². The van der Waals surface area contributed by atoms with E-state index in [1.54, 1.807) is 0 Å². The molecule has 0 bridgehead atoms. The van der Waals surface area contributed by atoms with Gasteiger partial charge in [0.2, 0.25) is 12.7 Å². The highest BCUT2D eigenvalue weighted by Crippen LogP contribution is 2.33. The monoisotopic (exact) mass is 455 g/mol. The molecular formula is C25H30ClN3O3. The third kappa shape index (κ3) is 5.03. The number of carbonyl (C=O) groups excluding carboxylic acids is 1. The third-order valence-electron chi connectivity index (χ3n) is 6.70. The zero-order valence-electron chi connectivity index (χ0n) is 18.3. The maximum absolute atomic E-state index is 13.2. The summed E-state index contributed by atoms with van der Waals surface area (Å²) < 4.78 is 10.9. The predicted molar refractivity (Wildman–Crippen MR) is 124 cm³/mol. The third-order valence-corrected chi connectivity index (χ3v) is 6.95. The van der Waals surface area contributed by atoms with Crippen molar-refractivity contribution in [1.29, 1.82) is 0 Å². The van der Waals surface area contributed by atoms with Crippen LogP contribution < -0.4 is 9.47 Å². The van der Waals surface area contributed by atoms with Crippen molar-refractivity contribution in [1.82, 2.24) is 14.7 Å². The van der Waals surface area contributed by atoms with E-state index in [4.69, 9.17) is 21.1 Å². The van der Waals surface area contributed by atoms with E-state index in [1.165, 1.54) is 11.1 Å². The number of halogens is 1. The quantitative estimate of drug-likeness (QED) is 0.689. The number of fused-ring (bicyclic) bond motifs is 1. The van der Waals surface area contributed by atoms with Crippen LogP contribution in [0.2, 0.25) is 5.02 Å². The number of rotatable bonds is 5. The second kappa shape index (κ2) is 9.69. The molecule has 6 nitrogen and oxygen atoms in total. The summed E-state index contributed by atoms with van der Waals surface area (Å²) in [6, 6.07) is 14.2. The molecule has 5 rings (SSSR count). The van der Waals surface area contributed by atoms with Gasteiger partial charge in [-0.2, -0.15) is 0 Å². The topological polar surface area (TPSA) is 45.3 Å². The number of hydrogen-bond donors (Lipinski definition) is 0. The highest BCUT2D eigenvalue weighted by Gasteiger charge is 2.31. The van der Waals surface area contributed by atoms with Gasteiger partial charge in [-0.05, 0) is 54.8 Å². The Labute approximate surface area is 194 Å². The molecule has 0 N–H and O–H groups in total. The zero-order valence-corrected chi connectivity index (χ0v) is 19.1. The molecule has 3 aliphatic rings. The first-order valence-corrected chi connectivity index (χ1v) is 11.9. The smallest absolute Gasteiger partial charge is 0.231 e. The second-order valence-corrected chi connectivity index (χ2v) is 9.43. The van der Waals surface area contributed by atoms with Gasteiger partial charge in [-0.25, -0.2) is 0 Å². The molecule has 3 aliphatic heterocycles. The Hall–Kier alpha value is -2.28. The lowest BCUT2D eigenvalue weighted by molar-refractivity contribution is -0.139. The molecular weight excluding hydrogens is 426 g/mol. The van der Waals surface area contributed by atoms with Gasteiger partial charge >= 0.3 is 0 Å². The fourth-order valence-corrected chi connectivity index (χ4v) is 5.06. The van der Waals surface area contributed by atoms with Crippen molar-refractivity contribution in [3.05, 3.63) is 58.6 Å². The maximum Gasteiger partial charge on any atom is 0.231 e. The average molecular weight is 456 g/mol. The van der Waals surface area contributed by atoms with E-state index in [9.17, 15) is 4.79 Å². The Morgan fingerprint density at radius 2 is 1.59 bits per heavy atom. The normalized spacial score (nSPS) is 21.7. The van der Waals surface area contributed by atoms with Gasteiger partial charge in [0, 0.05) is 50.8 Å². The van der Waals surface area contributed by atoms with E-state index in [-0.39, 0.29) is 5.92 Å². The molecule has 0 saturated carbocycles. The Morgan fingerprint density at radius 1 is 0.875 bits per heavy atom. The molecule has 2 saturated heterocycles. The number of likely N-dealkylation sites (tertiary alicyclic amines) is 1. The number of piperidine rings is 1. The fourth-order valence-electron chi connectivity index (χ4n) is 4.93. The number of amides is 1. The molecule has 2 aromatic rings. The lowest BCUT2D eigenvalue weighted by Gasteiger charge is -2.39. The Kier molecular flexibility index (Phi) is 6.53. The maximum atomic E-state index is 13.2. The van der Waals surface area contributed by atoms with Crippen molar-refractivity contribution in [2.24, 2.45) is 5.92 Å². The summed E-state index contributed by atoms with van der Waals surface area (Å²) in [6.45, 7) is 7.37. The van der Waals surface area contributed by atoms with E-state index >= 15 is 0 Å². The molecule has 0 radical (unpaired) electrons. The van der Waals surface area contributed by atoms with Gasteiger partial charge in [0.1, 0.15) is 0 Å². The molecule has 1 atom stereocenters. The summed E-state index contributed by atoms with van der Waals surface area (Å²) in [6.07, 6.45) is 2.07. The van der Waals surface area contributed by atoms with Crippen LogP contribution in [0.1, 0.15) is 24.0 Å². The lowest BCUT2D eigenvalue weighted by Crippen LogP contribution is -2.52. The standard InChI is InChI=1S/C25H30ClN3O3/c26-22-6-3-19(4-7-22)15-28-9-1-2-21(17-28)25(30)29-12-10-27(11-13-29)16-20-5-8-23-24(14-20)32-18-31-23/h3-8,14,21H,1-2,9-13,15-18H2. The average Bonchev–Trinajstić information content (AvgIpc) is 3.29. The van der Waals surface area contributed by atoms with Crippen molar-refractivity contribution in [3.8, 4) is 11.5 Å². The number of benzene rings is 2. The van der Waals surface area contributed by atoms with Gasteiger partial charge in [-0.1, -0.05) is 29.8 Å². The van der Waals surface area contributed by atoms with Crippen molar-refractivity contribution >= 4 is 17.5 Å². The number of ether oxygens (including phenoxy) is 2. The van der Waals surface area contributed by atoms with Crippen LogP contribution in [0.15, 0.2) is 42.5 Å². The molecule has 1 amide bonds. The van der Waals surface area contributed by atoms with E-state index < -0.39 is 0 Å². The largest absolute Gasteiger partial charge is 0.454 e. The minimum atomic E-state index is 0.108. The Balaban J connectivity index is 1.11. The van der Waals surface area contributed by atoms with Gasteiger partial charge in [-0.15, -0.1) is 0 Å². The summed E-state index contributed by atoms with van der Waals surface area (Å²) in [5, 5.41) is 0.762. The lowest BCUT2D eigenvalue weighted by atomic mass is 9.95. The minimum Gasteiger partial charge on any atom is -0.454 e. The molecule has 32 heavy (non-hydrogen) atoms. The molecule has 0 aliphatic carbocycles. The predicted octanol–water partition coefficient (Wildman–Crippen LogP) is 3.63.